The van der Waals surface area contributed by atoms with Crippen LogP contribution in [0.2, 0.25) is 0 Å². The molecule has 0 aliphatic rings. The van der Waals surface area contributed by atoms with Crippen LogP contribution in [0, 0.1) is 0 Å². The first-order valence-corrected chi connectivity index (χ1v) is 10.2. The van der Waals surface area contributed by atoms with Crippen LogP contribution in [-0.2, 0) is 9.53 Å². The van der Waals surface area contributed by atoms with E-state index in [4.69, 9.17) is 17.0 Å². The minimum absolute atomic E-state index is 0.0796. The molecule has 23 heavy (non-hydrogen) atoms. The zero-order chi connectivity index (χ0) is 17.2. The molecule has 0 amide bonds. The van der Waals surface area contributed by atoms with Crippen molar-refractivity contribution in [2.24, 2.45) is 0 Å². The fourth-order valence-corrected chi connectivity index (χ4v) is 3.02. The van der Waals surface area contributed by atoms with Gasteiger partial charge in [0.2, 0.25) is 0 Å². The number of hydrogen-bond donors (Lipinski definition) is 0. The number of carbonyl (C=O) groups is 1. The van der Waals surface area contributed by atoms with E-state index in [0.717, 1.165) is 6.42 Å². The number of rotatable bonds is 17. The molecule has 0 unspecified atom stereocenters. The van der Waals surface area contributed by atoms with Gasteiger partial charge in [0.25, 0.3) is 0 Å². The fourth-order valence-electron chi connectivity index (χ4n) is 2.74. The van der Waals surface area contributed by atoms with Crippen molar-refractivity contribution < 1.29 is 9.53 Å². The van der Waals surface area contributed by atoms with Crippen LogP contribution in [0.3, 0.4) is 0 Å². The molecule has 0 N–H and O–H groups in total. The predicted octanol–water partition coefficient (Wildman–Crippen LogP) is 6.79. The van der Waals surface area contributed by atoms with Crippen LogP contribution in [0.4, 0.5) is 0 Å². The summed E-state index contributed by atoms with van der Waals surface area (Å²) < 4.78 is 5.37. The van der Waals surface area contributed by atoms with Crippen molar-refractivity contribution in [1.29, 1.82) is 0 Å². The first-order valence-electron chi connectivity index (χ1n) is 9.82. The van der Waals surface area contributed by atoms with Gasteiger partial charge >= 0.3 is 0 Å². The normalized spacial score (nSPS) is 10.7. The SMILES string of the molecule is CCCCCCCCCCCCCCCCOC(=S)CC(C)=O. The topological polar surface area (TPSA) is 26.3 Å². The maximum Gasteiger partial charge on any atom is 0.167 e. The van der Waals surface area contributed by atoms with Crippen LogP contribution >= 0.6 is 12.2 Å². The van der Waals surface area contributed by atoms with E-state index >= 15 is 0 Å². The number of Topliss-reactive ketones (excluding diaryl/α,β-unsaturated/α-hetero) is 1. The van der Waals surface area contributed by atoms with Gasteiger partial charge in [-0.3, -0.25) is 4.79 Å². The second-order valence-electron chi connectivity index (χ2n) is 6.70. The summed E-state index contributed by atoms with van der Waals surface area (Å²) in [5, 5.41) is 0.451. The molecule has 0 atom stereocenters. The van der Waals surface area contributed by atoms with Crippen molar-refractivity contribution >= 4 is 23.1 Å². The minimum atomic E-state index is 0.0796. The zero-order valence-electron chi connectivity index (χ0n) is 15.5. The van der Waals surface area contributed by atoms with Crippen molar-refractivity contribution in [3.05, 3.63) is 0 Å². The summed E-state index contributed by atoms with van der Waals surface area (Å²) in [6.07, 6.45) is 19.3. The molecule has 0 spiro atoms. The van der Waals surface area contributed by atoms with E-state index in [1.807, 2.05) is 0 Å². The van der Waals surface area contributed by atoms with Crippen molar-refractivity contribution in [3.63, 3.8) is 0 Å². The second kappa shape index (κ2) is 17.9. The maximum absolute atomic E-state index is 10.8. The molecule has 0 aromatic carbocycles. The van der Waals surface area contributed by atoms with Gasteiger partial charge < -0.3 is 4.74 Å². The standard InChI is InChI=1S/C20H38O2S/c1-3-4-5-6-7-8-9-10-11-12-13-14-15-16-17-22-20(23)18-19(2)21/h3-18H2,1-2H3. The Morgan fingerprint density at radius 3 is 1.52 bits per heavy atom. The smallest absolute Gasteiger partial charge is 0.167 e. The van der Waals surface area contributed by atoms with Crippen molar-refractivity contribution in [2.45, 2.75) is 110 Å². The summed E-state index contributed by atoms with van der Waals surface area (Å²) in [6.45, 7) is 4.49. The highest BCUT2D eigenvalue weighted by Gasteiger charge is 2.01. The monoisotopic (exact) mass is 342 g/mol. The van der Waals surface area contributed by atoms with Gasteiger partial charge in [-0.15, -0.1) is 0 Å². The van der Waals surface area contributed by atoms with Gasteiger partial charge in [0.1, 0.15) is 5.78 Å². The molecule has 0 bridgehead atoms. The van der Waals surface area contributed by atoms with Crippen molar-refractivity contribution in [2.75, 3.05) is 6.61 Å². The van der Waals surface area contributed by atoms with Crippen molar-refractivity contribution in [1.82, 2.24) is 0 Å². The van der Waals surface area contributed by atoms with Gasteiger partial charge in [-0.05, 0) is 25.6 Å². The third kappa shape index (κ3) is 19.5. The molecule has 0 radical (unpaired) electrons. The van der Waals surface area contributed by atoms with Crippen LogP contribution in [0.25, 0.3) is 0 Å². The molecule has 0 fully saturated rings. The number of hydrogen-bond acceptors (Lipinski definition) is 3. The van der Waals surface area contributed by atoms with Crippen LogP contribution in [0.15, 0.2) is 0 Å². The lowest BCUT2D eigenvalue weighted by atomic mass is 10.0. The highest BCUT2D eigenvalue weighted by molar-refractivity contribution is 7.80. The first-order chi connectivity index (χ1) is 11.2. The van der Waals surface area contributed by atoms with E-state index in [9.17, 15) is 4.79 Å². The lowest BCUT2D eigenvalue weighted by molar-refractivity contribution is -0.116. The molecule has 3 heteroatoms. The number of thiocarbonyl (C=S) groups is 1. The van der Waals surface area contributed by atoms with Crippen LogP contribution in [0.5, 0.6) is 0 Å². The second-order valence-corrected chi connectivity index (χ2v) is 7.15. The van der Waals surface area contributed by atoms with Gasteiger partial charge in [0, 0.05) is 0 Å². The fraction of sp³-hybridized carbons (Fsp3) is 0.900. The third-order valence-electron chi connectivity index (χ3n) is 4.15. The molecule has 2 nitrogen and oxygen atoms in total. The van der Waals surface area contributed by atoms with Crippen LogP contribution < -0.4 is 0 Å². The molecule has 0 aliphatic carbocycles. The molecule has 0 saturated heterocycles. The summed E-state index contributed by atoms with van der Waals surface area (Å²) in [7, 11) is 0. The summed E-state index contributed by atoms with van der Waals surface area (Å²) in [5.41, 5.74) is 0. The zero-order valence-corrected chi connectivity index (χ0v) is 16.4. The highest BCUT2D eigenvalue weighted by atomic mass is 32.1. The summed E-state index contributed by atoms with van der Waals surface area (Å²) >= 11 is 4.99. The Labute approximate surface area is 149 Å². The highest BCUT2D eigenvalue weighted by Crippen LogP contribution is 2.13. The van der Waals surface area contributed by atoms with Gasteiger partial charge in [-0.2, -0.15) is 0 Å². The number of ketones is 1. The van der Waals surface area contributed by atoms with E-state index in [1.54, 1.807) is 6.92 Å². The van der Waals surface area contributed by atoms with E-state index < -0.39 is 0 Å². The van der Waals surface area contributed by atoms with Gasteiger partial charge in [-0.1, -0.05) is 90.4 Å². The molecule has 0 aromatic heterocycles. The van der Waals surface area contributed by atoms with Gasteiger partial charge in [0.15, 0.2) is 5.05 Å². The van der Waals surface area contributed by atoms with E-state index in [-0.39, 0.29) is 12.2 Å². The lowest BCUT2D eigenvalue weighted by Gasteiger charge is -2.06. The number of carbonyl (C=O) groups excluding carboxylic acids is 1. The molecule has 0 aliphatic heterocycles. The maximum atomic E-state index is 10.8. The largest absolute Gasteiger partial charge is 0.487 e. The lowest BCUT2D eigenvalue weighted by Crippen LogP contribution is -2.07. The molecule has 0 heterocycles. The molecule has 0 aromatic rings. The molecule has 0 rings (SSSR count). The Hall–Kier alpha value is -0.440. The molecular formula is C20H38O2S. The molecular weight excluding hydrogens is 304 g/mol. The van der Waals surface area contributed by atoms with E-state index in [2.05, 4.69) is 6.92 Å². The van der Waals surface area contributed by atoms with E-state index in [1.165, 1.54) is 83.5 Å². The minimum Gasteiger partial charge on any atom is -0.487 e. The summed E-state index contributed by atoms with van der Waals surface area (Å²) in [5.74, 6) is 0.0796. The Balaban J connectivity index is 3.08. The Morgan fingerprint density at radius 1 is 0.739 bits per heavy atom. The number of unbranched alkanes of at least 4 members (excludes halogenated alkanes) is 13. The molecule has 136 valence electrons. The summed E-state index contributed by atoms with van der Waals surface area (Å²) in [4.78, 5) is 10.8. The Morgan fingerprint density at radius 2 is 1.13 bits per heavy atom. The Bertz CT molecular complexity index is 289. The Kier molecular flexibility index (Phi) is 17.6. The van der Waals surface area contributed by atoms with Crippen molar-refractivity contribution in [3.8, 4) is 0 Å². The van der Waals surface area contributed by atoms with Gasteiger partial charge in [0.05, 0.1) is 13.0 Å². The predicted molar refractivity (Wildman–Crippen MR) is 104 cm³/mol. The molecule has 0 saturated carbocycles. The van der Waals surface area contributed by atoms with E-state index in [0.29, 0.717) is 11.7 Å². The third-order valence-corrected chi connectivity index (χ3v) is 4.42. The van der Waals surface area contributed by atoms with Crippen LogP contribution in [0.1, 0.15) is 110 Å². The average Bonchev–Trinajstić information content (AvgIpc) is 2.50. The quantitative estimate of drug-likeness (QED) is 0.215. The average molecular weight is 343 g/mol. The first kappa shape index (κ1) is 22.6. The number of ether oxygens (including phenoxy) is 1. The van der Waals surface area contributed by atoms with Gasteiger partial charge in [-0.25, -0.2) is 0 Å². The summed E-state index contributed by atoms with van der Waals surface area (Å²) in [6, 6.07) is 0. The van der Waals surface area contributed by atoms with Crippen LogP contribution in [-0.4, -0.2) is 17.4 Å².